The maximum Gasteiger partial charge on any atom is 0.137 e. The van der Waals surface area contributed by atoms with E-state index in [0.717, 1.165) is 22.6 Å². The van der Waals surface area contributed by atoms with Crippen LogP contribution in [0.4, 0.5) is 5.69 Å². The van der Waals surface area contributed by atoms with Crippen LogP contribution >= 0.6 is 34.8 Å². The molecule has 0 amide bonds. The van der Waals surface area contributed by atoms with Crippen LogP contribution in [0.2, 0.25) is 15.1 Å². The van der Waals surface area contributed by atoms with Gasteiger partial charge in [-0.2, -0.15) is 0 Å². The third kappa shape index (κ3) is 5.46. The summed E-state index contributed by atoms with van der Waals surface area (Å²) < 4.78 is 10.9. The van der Waals surface area contributed by atoms with E-state index >= 15 is 0 Å². The Kier molecular flexibility index (Phi) is 6.73. The quantitative estimate of drug-likeness (QED) is 0.452. The van der Waals surface area contributed by atoms with Crippen molar-refractivity contribution in [3.8, 4) is 11.5 Å². The van der Waals surface area contributed by atoms with Crippen molar-refractivity contribution >= 4 is 40.5 Å². The van der Waals surface area contributed by atoms with Gasteiger partial charge in [0.15, 0.2) is 0 Å². The van der Waals surface area contributed by atoms with Crippen LogP contribution in [0, 0.1) is 0 Å². The molecule has 0 fully saturated rings. The Morgan fingerprint density at radius 1 is 0.852 bits per heavy atom. The van der Waals surface area contributed by atoms with E-state index < -0.39 is 0 Å². The summed E-state index contributed by atoms with van der Waals surface area (Å²) in [6.07, 6.45) is 0. The van der Waals surface area contributed by atoms with Crippen LogP contribution in [0.25, 0.3) is 0 Å². The lowest BCUT2D eigenvalue weighted by Crippen LogP contribution is -2.00. The minimum Gasteiger partial charge on any atom is -0.495 e. The lowest BCUT2D eigenvalue weighted by Gasteiger charge is -2.11. The number of hydrogen-bond acceptors (Lipinski definition) is 3. The van der Waals surface area contributed by atoms with Crippen molar-refractivity contribution in [1.82, 2.24) is 0 Å². The highest BCUT2D eigenvalue weighted by Crippen LogP contribution is 2.27. The van der Waals surface area contributed by atoms with E-state index in [1.807, 2.05) is 48.5 Å². The number of nitrogens with one attached hydrogen (secondary N) is 1. The normalized spacial score (nSPS) is 10.5. The predicted molar refractivity (Wildman–Crippen MR) is 113 cm³/mol. The Hall–Kier alpha value is -2.07. The fourth-order valence-electron chi connectivity index (χ4n) is 2.48. The summed E-state index contributed by atoms with van der Waals surface area (Å²) in [6, 6.07) is 18.9. The second-order valence-electron chi connectivity index (χ2n) is 5.87. The summed E-state index contributed by atoms with van der Waals surface area (Å²) in [4.78, 5) is 0. The largest absolute Gasteiger partial charge is 0.495 e. The van der Waals surface area contributed by atoms with Crippen molar-refractivity contribution in [2.75, 3.05) is 12.4 Å². The highest BCUT2D eigenvalue weighted by Gasteiger charge is 2.04. The van der Waals surface area contributed by atoms with Crippen LogP contribution in [0.3, 0.4) is 0 Å². The summed E-state index contributed by atoms with van der Waals surface area (Å²) in [6.45, 7) is 1.06. The van der Waals surface area contributed by atoms with Gasteiger partial charge in [0.25, 0.3) is 0 Å². The first-order chi connectivity index (χ1) is 13.0. The van der Waals surface area contributed by atoms with Gasteiger partial charge in [-0.15, -0.1) is 0 Å². The van der Waals surface area contributed by atoms with Gasteiger partial charge >= 0.3 is 0 Å². The van der Waals surface area contributed by atoms with Crippen molar-refractivity contribution in [2.24, 2.45) is 0 Å². The molecule has 0 saturated heterocycles. The van der Waals surface area contributed by atoms with Gasteiger partial charge < -0.3 is 14.8 Å². The molecular formula is C21H18Cl3NO2. The number of hydrogen-bond donors (Lipinski definition) is 1. The standard InChI is InChI=1S/C21H18Cl3NO2/c1-26-21-9-6-17(11-20(21)24)25-12-14-2-7-18(8-3-14)27-13-15-4-5-16(22)10-19(15)23/h2-11,25H,12-13H2,1H3. The molecule has 27 heavy (non-hydrogen) atoms. The summed E-state index contributed by atoms with van der Waals surface area (Å²) in [5.41, 5.74) is 2.94. The maximum atomic E-state index is 6.16. The van der Waals surface area contributed by atoms with Gasteiger partial charge in [0.05, 0.1) is 12.1 Å². The Morgan fingerprint density at radius 2 is 1.63 bits per heavy atom. The molecule has 0 aliphatic rings. The fraction of sp³-hybridized carbons (Fsp3) is 0.143. The number of anilines is 1. The Bertz CT molecular complexity index is 914. The first-order valence-corrected chi connectivity index (χ1v) is 9.41. The van der Waals surface area contributed by atoms with Crippen molar-refractivity contribution in [1.29, 1.82) is 0 Å². The molecule has 3 rings (SSSR count). The number of halogens is 3. The number of methoxy groups -OCH3 is 1. The summed E-state index contributed by atoms with van der Waals surface area (Å²) in [7, 11) is 1.60. The molecule has 3 aromatic rings. The first-order valence-electron chi connectivity index (χ1n) is 8.28. The smallest absolute Gasteiger partial charge is 0.137 e. The van der Waals surface area contributed by atoms with Crippen molar-refractivity contribution in [3.63, 3.8) is 0 Å². The molecule has 0 atom stereocenters. The minimum absolute atomic E-state index is 0.387. The van der Waals surface area contributed by atoms with Gasteiger partial charge in [0.1, 0.15) is 18.1 Å². The van der Waals surface area contributed by atoms with Gasteiger partial charge in [-0.25, -0.2) is 0 Å². The molecule has 0 bridgehead atoms. The number of rotatable bonds is 7. The monoisotopic (exact) mass is 421 g/mol. The third-order valence-electron chi connectivity index (χ3n) is 3.98. The second-order valence-corrected chi connectivity index (χ2v) is 7.12. The van der Waals surface area contributed by atoms with Gasteiger partial charge in [-0.3, -0.25) is 0 Å². The molecular weight excluding hydrogens is 405 g/mol. The molecule has 3 nitrogen and oxygen atoms in total. The molecule has 0 aliphatic heterocycles. The van der Waals surface area contributed by atoms with E-state index in [0.29, 0.717) is 34.0 Å². The molecule has 6 heteroatoms. The van der Waals surface area contributed by atoms with Crippen LogP contribution < -0.4 is 14.8 Å². The molecule has 140 valence electrons. The van der Waals surface area contributed by atoms with Crippen molar-refractivity contribution in [3.05, 3.63) is 86.9 Å². The van der Waals surface area contributed by atoms with E-state index in [2.05, 4.69) is 5.32 Å². The molecule has 1 N–H and O–H groups in total. The molecule has 3 aromatic carbocycles. The van der Waals surface area contributed by atoms with Crippen LogP contribution in [0.1, 0.15) is 11.1 Å². The Labute approximate surface area is 173 Å². The Morgan fingerprint density at radius 3 is 2.30 bits per heavy atom. The van der Waals surface area contributed by atoms with Crippen LogP contribution in [0.5, 0.6) is 11.5 Å². The molecule has 0 saturated carbocycles. The summed E-state index contributed by atoms with van der Waals surface area (Å²) in [5.74, 6) is 1.43. The van der Waals surface area contributed by atoms with E-state index in [-0.39, 0.29) is 0 Å². The van der Waals surface area contributed by atoms with Gasteiger partial charge in [0.2, 0.25) is 0 Å². The fourth-order valence-corrected chi connectivity index (χ4v) is 3.20. The average molecular weight is 423 g/mol. The van der Waals surface area contributed by atoms with Gasteiger partial charge in [0, 0.05) is 27.8 Å². The summed E-state index contributed by atoms with van der Waals surface area (Å²) >= 11 is 18.2. The summed E-state index contributed by atoms with van der Waals surface area (Å²) in [5, 5.41) is 5.12. The van der Waals surface area contributed by atoms with Crippen LogP contribution in [-0.2, 0) is 13.2 Å². The third-order valence-corrected chi connectivity index (χ3v) is 4.86. The van der Waals surface area contributed by atoms with E-state index in [1.54, 1.807) is 19.2 Å². The lowest BCUT2D eigenvalue weighted by atomic mass is 10.2. The molecule has 0 aromatic heterocycles. The number of ether oxygens (including phenoxy) is 2. The van der Waals surface area contributed by atoms with E-state index in [4.69, 9.17) is 44.3 Å². The molecule has 0 radical (unpaired) electrons. The first kappa shape index (κ1) is 19.7. The van der Waals surface area contributed by atoms with Crippen molar-refractivity contribution in [2.45, 2.75) is 13.2 Å². The lowest BCUT2D eigenvalue weighted by molar-refractivity contribution is 0.306. The zero-order chi connectivity index (χ0) is 19.2. The maximum absolute atomic E-state index is 6.16. The van der Waals surface area contributed by atoms with E-state index in [9.17, 15) is 0 Å². The zero-order valence-corrected chi connectivity index (χ0v) is 16.9. The zero-order valence-electron chi connectivity index (χ0n) is 14.6. The van der Waals surface area contributed by atoms with E-state index in [1.165, 1.54) is 0 Å². The van der Waals surface area contributed by atoms with Crippen LogP contribution in [-0.4, -0.2) is 7.11 Å². The van der Waals surface area contributed by atoms with Gasteiger partial charge in [-0.05, 0) is 48.0 Å². The molecule has 0 aliphatic carbocycles. The Balaban J connectivity index is 1.54. The average Bonchev–Trinajstić information content (AvgIpc) is 2.66. The molecule has 0 unspecified atom stereocenters. The predicted octanol–water partition coefficient (Wildman–Crippen LogP) is 6.85. The highest BCUT2D eigenvalue weighted by atomic mass is 35.5. The topological polar surface area (TPSA) is 30.5 Å². The molecule has 0 heterocycles. The van der Waals surface area contributed by atoms with Gasteiger partial charge in [-0.1, -0.05) is 53.0 Å². The van der Waals surface area contributed by atoms with Crippen LogP contribution in [0.15, 0.2) is 60.7 Å². The SMILES string of the molecule is COc1ccc(NCc2ccc(OCc3ccc(Cl)cc3Cl)cc2)cc1Cl. The highest BCUT2D eigenvalue weighted by molar-refractivity contribution is 6.35. The second kappa shape index (κ2) is 9.23. The van der Waals surface area contributed by atoms with Crippen molar-refractivity contribution < 1.29 is 9.47 Å². The number of benzene rings is 3. The minimum atomic E-state index is 0.387. The molecule has 0 spiro atoms.